The van der Waals surface area contributed by atoms with Crippen LogP contribution in [0.2, 0.25) is 0 Å². The van der Waals surface area contributed by atoms with Gasteiger partial charge < -0.3 is 9.47 Å². The fourth-order valence-corrected chi connectivity index (χ4v) is 3.89. The number of carbonyl (C=O) groups is 1. The summed E-state index contributed by atoms with van der Waals surface area (Å²) < 4.78 is 10.8. The van der Waals surface area contributed by atoms with Gasteiger partial charge in [0, 0.05) is 5.25 Å². The summed E-state index contributed by atoms with van der Waals surface area (Å²) in [6.45, 7) is 6.53. The molecule has 1 amide bonds. The number of carbonyl (C=O) groups excluding carboxylic acids is 1. The summed E-state index contributed by atoms with van der Waals surface area (Å²) in [6.07, 6.45) is 2.80. The minimum Gasteiger partial charge on any atom is -0.454 e. The van der Waals surface area contributed by atoms with Crippen LogP contribution in [0.15, 0.2) is 53.2 Å². The first-order valence-corrected chi connectivity index (χ1v) is 10.2. The molecule has 2 aliphatic heterocycles. The average molecular weight is 394 g/mol. The van der Waals surface area contributed by atoms with E-state index in [4.69, 9.17) is 9.47 Å². The molecule has 2 aromatic rings. The Morgan fingerprint density at radius 3 is 2.68 bits per heavy atom. The number of rotatable bonds is 4. The van der Waals surface area contributed by atoms with Crippen LogP contribution in [0.1, 0.15) is 31.4 Å². The van der Waals surface area contributed by atoms with Crippen molar-refractivity contribution >= 4 is 34.6 Å². The van der Waals surface area contributed by atoms with E-state index >= 15 is 0 Å². The highest BCUT2D eigenvalue weighted by Crippen LogP contribution is 2.35. The van der Waals surface area contributed by atoms with Gasteiger partial charge in [-0.2, -0.15) is 0 Å². The molecule has 2 aromatic carbocycles. The molecular weight excluding hydrogens is 372 g/mol. The summed E-state index contributed by atoms with van der Waals surface area (Å²) in [6, 6.07) is 13.6. The molecule has 0 aromatic heterocycles. The molecule has 28 heavy (non-hydrogen) atoms. The number of amides is 1. The first kappa shape index (κ1) is 18.6. The number of fused-ring (bicyclic) bond motifs is 1. The first-order valence-electron chi connectivity index (χ1n) is 9.33. The maximum Gasteiger partial charge on any atom is 0.283 e. The van der Waals surface area contributed by atoms with Crippen LogP contribution in [-0.4, -0.2) is 23.1 Å². The van der Waals surface area contributed by atoms with Gasteiger partial charge in [-0.3, -0.25) is 9.69 Å². The van der Waals surface area contributed by atoms with Crippen LogP contribution in [0.25, 0.3) is 6.08 Å². The van der Waals surface area contributed by atoms with Crippen molar-refractivity contribution in [3.05, 3.63) is 59.3 Å². The molecule has 0 bridgehead atoms. The molecule has 0 aliphatic carbocycles. The number of thioether (sulfide) groups is 1. The number of hydrogen-bond acceptors (Lipinski definition) is 5. The van der Waals surface area contributed by atoms with E-state index in [1.165, 1.54) is 0 Å². The quantitative estimate of drug-likeness (QED) is 0.685. The molecule has 0 saturated carbocycles. The van der Waals surface area contributed by atoms with Gasteiger partial charge in [-0.05, 0) is 49.2 Å². The minimum atomic E-state index is -0.118. The maximum atomic E-state index is 13.2. The van der Waals surface area contributed by atoms with Gasteiger partial charge in [-0.25, -0.2) is 4.99 Å². The first-order chi connectivity index (χ1) is 13.5. The molecule has 0 N–H and O–H groups in total. The molecular formula is C22H22N2O3S. The number of amidine groups is 1. The third-order valence-electron chi connectivity index (χ3n) is 4.70. The molecule has 5 nitrogen and oxygen atoms in total. The van der Waals surface area contributed by atoms with Gasteiger partial charge in [0.1, 0.15) is 5.70 Å². The van der Waals surface area contributed by atoms with Crippen molar-refractivity contribution in [1.29, 1.82) is 0 Å². The standard InChI is InChI=1S/C22H22N2O3S/c1-4-15(3)28-22-23-18(11-16-7-10-19-20(12-16)27-13-26-19)21(25)24(22)17-8-5-14(2)6-9-17/h5-12,15H,4,13H2,1-3H3. The molecule has 2 aliphatic rings. The fraction of sp³-hybridized carbons (Fsp3) is 0.273. The predicted molar refractivity (Wildman–Crippen MR) is 114 cm³/mol. The van der Waals surface area contributed by atoms with E-state index in [0.29, 0.717) is 16.7 Å². The van der Waals surface area contributed by atoms with E-state index < -0.39 is 0 Å². The highest BCUT2D eigenvalue weighted by atomic mass is 32.2. The Kier molecular flexibility index (Phi) is 5.13. The molecule has 0 spiro atoms. The van der Waals surface area contributed by atoms with E-state index in [9.17, 15) is 4.79 Å². The van der Waals surface area contributed by atoms with Crippen molar-refractivity contribution in [2.45, 2.75) is 32.4 Å². The Balaban J connectivity index is 1.69. The second-order valence-corrected chi connectivity index (χ2v) is 8.26. The van der Waals surface area contributed by atoms with Crippen molar-refractivity contribution in [3.8, 4) is 11.5 Å². The zero-order valence-corrected chi connectivity index (χ0v) is 17.0. The second-order valence-electron chi connectivity index (χ2n) is 6.85. The maximum absolute atomic E-state index is 13.2. The molecule has 144 valence electrons. The van der Waals surface area contributed by atoms with E-state index in [0.717, 1.165) is 34.2 Å². The van der Waals surface area contributed by atoms with Gasteiger partial charge in [0.15, 0.2) is 16.7 Å². The molecule has 6 heteroatoms. The Hall–Kier alpha value is -2.73. The normalized spacial score (nSPS) is 18.0. The highest BCUT2D eigenvalue weighted by Gasteiger charge is 2.32. The van der Waals surface area contributed by atoms with Gasteiger partial charge in [0.2, 0.25) is 6.79 Å². The number of ether oxygens (including phenoxy) is 2. The fourth-order valence-electron chi connectivity index (χ4n) is 2.92. The van der Waals surface area contributed by atoms with Crippen LogP contribution in [0.3, 0.4) is 0 Å². The summed E-state index contributed by atoms with van der Waals surface area (Å²) in [5.74, 6) is 1.29. The summed E-state index contributed by atoms with van der Waals surface area (Å²) in [5, 5.41) is 1.08. The van der Waals surface area contributed by atoms with Crippen molar-refractivity contribution in [2.75, 3.05) is 11.7 Å². The molecule has 4 rings (SSSR count). The van der Waals surface area contributed by atoms with Crippen LogP contribution in [0.5, 0.6) is 11.5 Å². The third kappa shape index (κ3) is 3.64. The topological polar surface area (TPSA) is 51.1 Å². The van der Waals surface area contributed by atoms with Crippen LogP contribution in [0.4, 0.5) is 5.69 Å². The average Bonchev–Trinajstić information content (AvgIpc) is 3.27. The zero-order valence-electron chi connectivity index (χ0n) is 16.1. The molecule has 0 radical (unpaired) electrons. The molecule has 1 unspecified atom stereocenters. The number of hydrogen-bond donors (Lipinski definition) is 0. The largest absolute Gasteiger partial charge is 0.454 e. The summed E-state index contributed by atoms with van der Waals surface area (Å²) >= 11 is 1.62. The van der Waals surface area contributed by atoms with Crippen molar-refractivity contribution in [1.82, 2.24) is 0 Å². The Morgan fingerprint density at radius 2 is 1.93 bits per heavy atom. The smallest absolute Gasteiger partial charge is 0.283 e. The van der Waals surface area contributed by atoms with Crippen molar-refractivity contribution in [2.24, 2.45) is 4.99 Å². The lowest BCUT2D eigenvalue weighted by Crippen LogP contribution is -2.31. The van der Waals surface area contributed by atoms with E-state index in [1.54, 1.807) is 22.7 Å². The highest BCUT2D eigenvalue weighted by molar-refractivity contribution is 8.14. The number of anilines is 1. The summed E-state index contributed by atoms with van der Waals surface area (Å²) in [5.41, 5.74) is 3.26. The summed E-state index contributed by atoms with van der Waals surface area (Å²) in [7, 11) is 0. The van der Waals surface area contributed by atoms with Gasteiger partial charge in [0.25, 0.3) is 5.91 Å². The van der Waals surface area contributed by atoms with Gasteiger partial charge in [-0.15, -0.1) is 0 Å². The lowest BCUT2D eigenvalue weighted by molar-refractivity contribution is -0.113. The zero-order chi connectivity index (χ0) is 19.7. The Labute approximate surface area is 169 Å². The number of benzene rings is 2. The molecule has 1 atom stereocenters. The van der Waals surface area contributed by atoms with Crippen LogP contribution in [0, 0.1) is 6.92 Å². The van der Waals surface area contributed by atoms with Crippen molar-refractivity contribution < 1.29 is 14.3 Å². The van der Waals surface area contributed by atoms with Gasteiger partial charge >= 0.3 is 0 Å². The molecule has 0 saturated heterocycles. The van der Waals surface area contributed by atoms with E-state index in [1.807, 2.05) is 49.4 Å². The van der Waals surface area contributed by atoms with Gasteiger partial charge in [0.05, 0.1) is 5.69 Å². The lowest BCUT2D eigenvalue weighted by atomic mass is 10.1. The van der Waals surface area contributed by atoms with Crippen molar-refractivity contribution in [3.63, 3.8) is 0 Å². The molecule has 2 heterocycles. The second kappa shape index (κ2) is 7.72. The Morgan fingerprint density at radius 1 is 1.18 bits per heavy atom. The summed E-state index contributed by atoms with van der Waals surface area (Å²) in [4.78, 5) is 19.6. The SMILES string of the molecule is CCC(C)SC1=NC(=Cc2ccc3c(c2)OCO3)C(=O)N1c1ccc(C)cc1. The van der Waals surface area contributed by atoms with Gasteiger partial charge in [-0.1, -0.05) is 49.4 Å². The minimum absolute atomic E-state index is 0.118. The lowest BCUT2D eigenvalue weighted by Gasteiger charge is -2.19. The monoisotopic (exact) mass is 394 g/mol. The van der Waals surface area contributed by atoms with Crippen LogP contribution in [-0.2, 0) is 4.79 Å². The number of aryl methyl sites for hydroxylation is 1. The number of aliphatic imine (C=N–C) groups is 1. The predicted octanol–water partition coefficient (Wildman–Crippen LogP) is 5.00. The number of nitrogens with zero attached hydrogens (tertiary/aromatic N) is 2. The van der Waals surface area contributed by atoms with E-state index in [2.05, 4.69) is 18.8 Å². The third-order valence-corrected chi connectivity index (χ3v) is 5.92. The van der Waals surface area contributed by atoms with Crippen LogP contribution >= 0.6 is 11.8 Å². The Bertz CT molecular complexity index is 966. The van der Waals surface area contributed by atoms with Crippen LogP contribution < -0.4 is 14.4 Å². The molecule has 0 fully saturated rings. The van der Waals surface area contributed by atoms with E-state index in [-0.39, 0.29) is 12.7 Å².